The number of nitrogens with zero attached hydrogens (tertiary/aromatic N) is 5. The number of aliphatic carboxylic acids is 1. The molecule has 1 saturated carbocycles. The van der Waals surface area contributed by atoms with E-state index in [1.807, 2.05) is 49.5 Å². The fraction of sp³-hybridized carbons (Fsp3) is 0.440. The molecule has 5 rings (SSSR count). The smallest absolute Gasteiger partial charge is 0.307 e. The second-order valence-corrected chi connectivity index (χ2v) is 11.7. The van der Waals surface area contributed by atoms with Gasteiger partial charge in [-0.15, -0.1) is 5.10 Å². The molecular formula is C25H29N5O4S. The maximum Gasteiger partial charge on any atom is 0.307 e. The van der Waals surface area contributed by atoms with Crippen molar-refractivity contribution in [2.24, 2.45) is 5.92 Å². The summed E-state index contributed by atoms with van der Waals surface area (Å²) in [6, 6.07) is 11.7. The number of carboxylic acid groups (broad SMARTS) is 1. The summed E-state index contributed by atoms with van der Waals surface area (Å²) in [4.78, 5) is 14.1. The maximum absolute atomic E-state index is 12.1. The van der Waals surface area contributed by atoms with Gasteiger partial charge in [0.25, 0.3) is 0 Å². The molecule has 1 N–H and O–H groups in total. The maximum atomic E-state index is 12.1. The summed E-state index contributed by atoms with van der Waals surface area (Å²) >= 11 is 0. The predicted molar refractivity (Wildman–Crippen MR) is 133 cm³/mol. The highest BCUT2D eigenvalue weighted by atomic mass is 32.2. The van der Waals surface area contributed by atoms with Gasteiger partial charge in [-0.3, -0.25) is 4.79 Å². The lowest BCUT2D eigenvalue weighted by molar-refractivity contribution is -0.143. The third-order valence-electron chi connectivity index (χ3n) is 7.08. The zero-order valence-corrected chi connectivity index (χ0v) is 20.5. The first-order chi connectivity index (χ1) is 16.8. The molecule has 0 spiro atoms. The third-order valence-corrected chi connectivity index (χ3v) is 8.69. The van der Waals surface area contributed by atoms with E-state index in [9.17, 15) is 18.3 Å². The lowest BCUT2D eigenvalue weighted by atomic mass is 9.76. The summed E-state index contributed by atoms with van der Waals surface area (Å²) in [5, 5.41) is 23.1. The van der Waals surface area contributed by atoms with Crippen LogP contribution in [0.2, 0.25) is 0 Å². The number of benzene rings is 1. The van der Waals surface area contributed by atoms with Crippen LogP contribution in [0, 0.1) is 12.8 Å². The molecule has 1 saturated heterocycles. The minimum absolute atomic E-state index is 0.168. The molecule has 184 valence electrons. The van der Waals surface area contributed by atoms with Crippen molar-refractivity contribution >= 4 is 21.5 Å². The van der Waals surface area contributed by atoms with Crippen LogP contribution in [-0.2, 0) is 14.6 Å². The molecule has 0 radical (unpaired) electrons. The first-order valence-electron chi connectivity index (χ1n) is 12.0. The van der Waals surface area contributed by atoms with E-state index < -0.39 is 21.7 Å². The Kier molecular flexibility index (Phi) is 6.31. The van der Waals surface area contributed by atoms with Gasteiger partial charge in [-0.25, -0.2) is 13.1 Å². The molecule has 2 unspecified atom stereocenters. The second-order valence-electron chi connectivity index (χ2n) is 9.43. The Morgan fingerprint density at radius 3 is 2.37 bits per heavy atom. The molecule has 1 aliphatic heterocycles. The summed E-state index contributed by atoms with van der Waals surface area (Å²) in [6.07, 6.45) is 5.22. The van der Waals surface area contributed by atoms with E-state index in [-0.39, 0.29) is 17.4 Å². The first kappa shape index (κ1) is 23.5. The minimum Gasteiger partial charge on any atom is -0.481 e. The minimum atomic E-state index is -2.94. The quantitative estimate of drug-likeness (QED) is 0.573. The van der Waals surface area contributed by atoms with Crippen LogP contribution in [-0.4, -0.2) is 64.1 Å². The van der Waals surface area contributed by atoms with Gasteiger partial charge in [0.2, 0.25) is 0 Å². The molecule has 9 nitrogen and oxygen atoms in total. The molecule has 2 atom stereocenters. The molecule has 3 heterocycles. The molecular weight excluding hydrogens is 466 g/mol. The lowest BCUT2D eigenvalue weighted by Crippen LogP contribution is -2.40. The van der Waals surface area contributed by atoms with E-state index in [1.54, 1.807) is 4.68 Å². The van der Waals surface area contributed by atoms with Gasteiger partial charge in [0.1, 0.15) is 0 Å². The normalized spacial score (nSPS) is 22.1. The molecule has 1 aliphatic carbocycles. The van der Waals surface area contributed by atoms with Crippen LogP contribution >= 0.6 is 0 Å². The van der Waals surface area contributed by atoms with Crippen LogP contribution < -0.4 is 4.90 Å². The van der Waals surface area contributed by atoms with Crippen LogP contribution in [0.1, 0.15) is 43.0 Å². The predicted octanol–water partition coefficient (Wildman–Crippen LogP) is 3.23. The summed E-state index contributed by atoms with van der Waals surface area (Å²) in [5.74, 6) is -0.506. The van der Waals surface area contributed by atoms with E-state index in [4.69, 9.17) is 5.10 Å². The highest BCUT2D eigenvalue weighted by Crippen LogP contribution is 2.41. The van der Waals surface area contributed by atoms with Crippen molar-refractivity contribution in [3.63, 3.8) is 0 Å². The highest BCUT2D eigenvalue weighted by molar-refractivity contribution is 7.91. The first-order valence-corrected chi connectivity index (χ1v) is 13.8. The van der Waals surface area contributed by atoms with Gasteiger partial charge in [-0.05, 0) is 49.6 Å². The number of aryl methyl sites for hydroxylation is 1. The van der Waals surface area contributed by atoms with Crippen molar-refractivity contribution in [1.82, 2.24) is 20.0 Å². The van der Waals surface area contributed by atoms with E-state index >= 15 is 0 Å². The van der Waals surface area contributed by atoms with Crippen LogP contribution in [0.25, 0.3) is 16.9 Å². The fourth-order valence-electron chi connectivity index (χ4n) is 5.09. The van der Waals surface area contributed by atoms with Crippen LogP contribution in [0.5, 0.6) is 0 Å². The molecule has 1 aromatic carbocycles. The Morgan fingerprint density at radius 1 is 1.00 bits per heavy atom. The van der Waals surface area contributed by atoms with Crippen molar-refractivity contribution in [3.05, 3.63) is 54.0 Å². The van der Waals surface area contributed by atoms with Crippen molar-refractivity contribution in [2.45, 2.75) is 38.5 Å². The standard InChI is InChI=1S/C25H29N5O4S/c1-17-6-11-23(27-26-17)30-16-22(24(28-30)20-4-2-3-5-21(20)25(31)32)18-7-9-19(10-8-18)29-12-14-35(33,34)15-13-29/h6-11,16,20-21H,2-5,12-15H2,1H3,(H,31,32). The topological polar surface area (TPSA) is 118 Å². The Bertz CT molecular complexity index is 1300. The van der Waals surface area contributed by atoms with Crippen LogP contribution in [0.4, 0.5) is 5.69 Å². The van der Waals surface area contributed by atoms with E-state index in [1.165, 1.54) is 0 Å². The molecule has 3 aromatic rings. The molecule has 10 heteroatoms. The average molecular weight is 496 g/mol. The van der Waals surface area contributed by atoms with Crippen LogP contribution in [0.3, 0.4) is 0 Å². The number of anilines is 1. The van der Waals surface area contributed by atoms with Gasteiger partial charge >= 0.3 is 5.97 Å². The van der Waals surface area contributed by atoms with Crippen molar-refractivity contribution < 1.29 is 18.3 Å². The Hall–Kier alpha value is -3.27. The summed E-state index contributed by atoms with van der Waals surface area (Å²) < 4.78 is 25.2. The zero-order valence-electron chi connectivity index (χ0n) is 19.7. The summed E-state index contributed by atoms with van der Waals surface area (Å²) in [7, 11) is -2.94. The largest absolute Gasteiger partial charge is 0.481 e. The SMILES string of the molecule is Cc1ccc(-n2cc(-c3ccc(N4CCS(=O)(=O)CC4)cc3)c(C3CCCCC3C(=O)O)n2)nn1. The van der Waals surface area contributed by atoms with Crippen LogP contribution in [0.15, 0.2) is 42.6 Å². The number of aromatic nitrogens is 4. The Morgan fingerprint density at radius 2 is 1.71 bits per heavy atom. The summed E-state index contributed by atoms with van der Waals surface area (Å²) in [6.45, 7) is 2.84. The van der Waals surface area contributed by atoms with Gasteiger partial charge in [0, 0.05) is 36.5 Å². The summed E-state index contributed by atoms with van der Waals surface area (Å²) in [5.41, 5.74) is 4.38. The fourth-order valence-corrected chi connectivity index (χ4v) is 6.29. The van der Waals surface area contributed by atoms with E-state index in [2.05, 4.69) is 15.1 Å². The van der Waals surface area contributed by atoms with Crippen molar-refractivity contribution in [2.75, 3.05) is 29.5 Å². The number of hydrogen-bond acceptors (Lipinski definition) is 7. The third kappa shape index (κ3) is 4.93. The van der Waals surface area contributed by atoms with Gasteiger partial charge < -0.3 is 10.0 Å². The van der Waals surface area contributed by atoms with Gasteiger partial charge in [-0.1, -0.05) is 25.0 Å². The lowest BCUT2D eigenvalue weighted by Gasteiger charge is -2.29. The van der Waals surface area contributed by atoms with Crippen molar-refractivity contribution in [3.8, 4) is 16.9 Å². The van der Waals surface area contributed by atoms with Gasteiger partial charge in [-0.2, -0.15) is 10.2 Å². The number of carbonyl (C=O) groups is 1. The molecule has 0 amide bonds. The Labute approximate surface area is 204 Å². The van der Waals surface area contributed by atoms with E-state index in [0.717, 1.165) is 47.5 Å². The van der Waals surface area contributed by atoms with Crippen molar-refractivity contribution in [1.29, 1.82) is 0 Å². The monoisotopic (exact) mass is 495 g/mol. The zero-order chi connectivity index (χ0) is 24.6. The Balaban J connectivity index is 1.51. The van der Waals surface area contributed by atoms with Gasteiger partial charge in [0.15, 0.2) is 15.7 Å². The van der Waals surface area contributed by atoms with E-state index in [0.29, 0.717) is 25.3 Å². The average Bonchev–Trinajstić information content (AvgIpc) is 3.30. The molecule has 2 aliphatic rings. The molecule has 2 fully saturated rings. The highest BCUT2D eigenvalue weighted by Gasteiger charge is 2.35. The number of hydrogen-bond donors (Lipinski definition) is 1. The molecule has 35 heavy (non-hydrogen) atoms. The number of rotatable bonds is 5. The number of carboxylic acids is 1. The molecule has 0 bridgehead atoms. The molecule has 2 aromatic heterocycles. The number of sulfone groups is 1. The second kappa shape index (κ2) is 9.41. The van der Waals surface area contributed by atoms with Gasteiger partial charge in [0.05, 0.1) is 28.8 Å².